The number of H-pyrrole nitrogens is 1. The monoisotopic (exact) mass is 478 g/mol. The number of ketones is 1. The van der Waals surface area contributed by atoms with E-state index in [2.05, 4.69) is 26.7 Å². The number of aromatic amines is 1. The second kappa shape index (κ2) is 8.25. The van der Waals surface area contributed by atoms with Gasteiger partial charge in [-0.2, -0.15) is 9.49 Å². The lowest BCUT2D eigenvalue weighted by Crippen LogP contribution is -2.45. The Morgan fingerprint density at radius 2 is 2.12 bits per heavy atom. The first-order valence-electron chi connectivity index (χ1n) is 11.4. The first kappa shape index (κ1) is 21.4. The van der Waals surface area contributed by atoms with Crippen LogP contribution in [0.3, 0.4) is 0 Å². The predicted octanol–water partition coefficient (Wildman–Crippen LogP) is 4.82. The van der Waals surface area contributed by atoms with Crippen molar-refractivity contribution in [3.8, 4) is 16.9 Å². The molecule has 2 aliphatic heterocycles. The average molecular weight is 479 g/mol. The summed E-state index contributed by atoms with van der Waals surface area (Å²) in [5.74, 6) is 0.612. The standard InChI is InChI=1S/C26H24ClFN4O2/c1-31-10-15(11-31)12-32-13-22(20-4-2-16(8-23(20)32)21-9-29-30-26(21)28)25(33)18-6-17-7-19(27)3-5-24(17)34-14-18/h2-5,7-9,13,15,18H,6,10-12,14H2,1H3,(H,29,30). The zero-order valence-corrected chi connectivity index (χ0v) is 19.5. The molecule has 1 fully saturated rings. The van der Waals surface area contributed by atoms with E-state index in [1.54, 1.807) is 6.07 Å². The van der Waals surface area contributed by atoms with E-state index in [1.807, 2.05) is 36.5 Å². The van der Waals surface area contributed by atoms with Crippen molar-refractivity contribution in [1.82, 2.24) is 19.7 Å². The summed E-state index contributed by atoms with van der Waals surface area (Å²) in [5, 5.41) is 7.68. The number of carbonyl (C=O) groups excluding carboxylic acids is 1. The molecule has 6 rings (SSSR count). The third-order valence-corrected chi connectivity index (χ3v) is 7.18. The van der Waals surface area contributed by atoms with Gasteiger partial charge in [-0.15, -0.1) is 0 Å². The fourth-order valence-corrected chi connectivity index (χ4v) is 5.45. The molecule has 0 aliphatic carbocycles. The lowest BCUT2D eigenvalue weighted by atomic mass is 9.89. The molecule has 2 aromatic carbocycles. The Hall–Kier alpha value is -3.16. The molecule has 1 saturated heterocycles. The summed E-state index contributed by atoms with van der Waals surface area (Å²) in [7, 11) is 2.10. The minimum Gasteiger partial charge on any atom is -0.493 e. The zero-order valence-electron chi connectivity index (χ0n) is 18.7. The molecule has 34 heavy (non-hydrogen) atoms. The Balaban J connectivity index is 1.38. The summed E-state index contributed by atoms with van der Waals surface area (Å²) in [6.07, 6.45) is 4.04. The maximum absolute atomic E-state index is 14.2. The normalized spacial score (nSPS) is 18.5. The minimum atomic E-state index is -0.467. The number of Topliss-reactive ketones (excluding diaryl/α,β-unsaturated/α-hetero) is 1. The van der Waals surface area contributed by atoms with E-state index in [1.165, 1.54) is 6.20 Å². The molecule has 8 heteroatoms. The minimum absolute atomic E-state index is 0.0577. The van der Waals surface area contributed by atoms with Crippen LogP contribution in [0.2, 0.25) is 5.02 Å². The van der Waals surface area contributed by atoms with Gasteiger partial charge in [0.15, 0.2) is 5.78 Å². The molecule has 1 atom stereocenters. The third kappa shape index (κ3) is 3.69. The van der Waals surface area contributed by atoms with Gasteiger partial charge in [0.1, 0.15) is 5.75 Å². The smallest absolute Gasteiger partial charge is 0.216 e. The van der Waals surface area contributed by atoms with Crippen LogP contribution >= 0.6 is 11.6 Å². The van der Waals surface area contributed by atoms with Crippen molar-refractivity contribution in [3.05, 3.63) is 70.9 Å². The SMILES string of the molecule is CN1CC(Cn2cc(C(=O)C3COc4ccc(Cl)cc4C3)c3ccc(-c4cn[nH]c4F)cc32)C1. The van der Waals surface area contributed by atoms with Gasteiger partial charge in [0, 0.05) is 53.2 Å². The zero-order chi connectivity index (χ0) is 23.4. The fraction of sp³-hybridized carbons (Fsp3) is 0.308. The summed E-state index contributed by atoms with van der Waals surface area (Å²) >= 11 is 6.17. The number of nitrogens with zero attached hydrogens (tertiary/aromatic N) is 3. The Labute approximate surface area is 201 Å². The van der Waals surface area contributed by atoms with Crippen LogP contribution in [-0.2, 0) is 13.0 Å². The van der Waals surface area contributed by atoms with E-state index in [4.69, 9.17) is 16.3 Å². The van der Waals surface area contributed by atoms with Gasteiger partial charge in [-0.3, -0.25) is 9.89 Å². The van der Waals surface area contributed by atoms with E-state index >= 15 is 0 Å². The van der Waals surface area contributed by atoms with Gasteiger partial charge in [-0.25, -0.2) is 0 Å². The topological polar surface area (TPSA) is 63.1 Å². The molecule has 0 bridgehead atoms. The second-order valence-electron chi connectivity index (χ2n) is 9.44. The summed E-state index contributed by atoms with van der Waals surface area (Å²) < 4.78 is 22.2. The Kier molecular flexibility index (Phi) is 5.19. The second-order valence-corrected chi connectivity index (χ2v) is 9.88. The summed E-state index contributed by atoms with van der Waals surface area (Å²) in [4.78, 5) is 16.0. The van der Waals surface area contributed by atoms with E-state index in [0.29, 0.717) is 35.1 Å². The van der Waals surface area contributed by atoms with Crippen molar-refractivity contribution in [2.45, 2.75) is 13.0 Å². The van der Waals surface area contributed by atoms with E-state index < -0.39 is 5.95 Å². The predicted molar refractivity (Wildman–Crippen MR) is 129 cm³/mol. The van der Waals surface area contributed by atoms with Crippen molar-refractivity contribution >= 4 is 28.3 Å². The molecule has 2 aromatic heterocycles. The molecule has 0 radical (unpaired) electrons. The highest BCUT2D eigenvalue weighted by atomic mass is 35.5. The molecule has 0 saturated carbocycles. The Morgan fingerprint density at radius 1 is 1.26 bits per heavy atom. The largest absolute Gasteiger partial charge is 0.493 e. The lowest BCUT2D eigenvalue weighted by Gasteiger charge is -2.36. The average Bonchev–Trinajstić information content (AvgIpc) is 3.40. The molecular formula is C26H24ClFN4O2. The van der Waals surface area contributed by atoms with Gasteiger partial charge in [0.2, 0.25) is 5.95 Å². The highest BCUT2D eigenvalue weighted by Gasteiger charge is 2.30. The third-order valence-electron chi connectivity index (χ3n) is 6.95. The first-order valence-corrected chi connectivity index (χ1v) is 11.8. The molecular weight excluding hydrogens is 455 g/mol. The maximum atomic E-state index is 14.2. The number of hydrogen-bond donors (Lipinski definition) is 1. The molecule has 6 nitrogen and oxygen atoms in total. The van der Waals surface area contributed by atoms with Crippen molar-refractivity contribution in [3.63, 3.8) is 0 Å². The Bertz CT molecular complexity index is 1410. The van der Waals surface area contributed by atoms with Crippen LogP contribution in [0.1, 0.15) is 15.9 Å². The van der Waals surface area contributed by atoms with Gasteiger partial charge in [0.05, 0.1) is 24.3 Å². The number of hydrogen-bond acceptors (Lipinski definition) is 4. The number of carbonyl (C=O) groups is 1. The van der Waals surface area contributed by atoms with Crippen LogP contribution in [0, 0.1) is 17.8 Å². The van der Waals surface area contributed by atoms with Gasteiger partial charge in [0.25, 0.3) is 0 Å². The van der Waals surface area contributed by atoms with E-state index in [0.717, 1.165) is 47.4 Å². The Morgan fingerprint density at radius 3 is 2.88 bits per heavy atom. The molecule has 4 aromatic rings. The van der Waals surface area contributed by atoms with Gasteiger partial charge in [-0.1, -0.05) is 23.7 Å². The molecule has 1 N–H and O–H groups in total. The van der Waals surface area contributed by atoms with Crippen LogP contribution in [-0.4, -0.2) is 52.2 Å². The molecule has 2 aliphatic rings. The van der Waals surface area contributed by atoms with Crippen molar-refractivity contribution in [2.24, 2.45) is 11.8 Å². The molecule has 1 unspecified atom stereocenters. The van der Waals surface area contributed by atoms with Gasteiger partial charge >= 0.3 is 0 Å². The molecule has 0 amide bonds. The number of nitrogens with one attached hydrogen (secondary N) is 1. The van der Waals surface area contributed by atoms with Crippen molar-refractivity contribution < 1.29 is 13.9 Å². The molecule has 0 spiro atoms. The number of ether oxygens (including phenoxy) is 1. The van der Waals surface area contributed by atoms with Crippen LogP contribution < -0.4 is 4.74 Å². The number of rotatable bonds is 5. The number of likely N-dealkylation sites (tertiary alicyclic amines) is 1. The van der Waals surface area contributed by atoms with Crippen LogP contribution in [0.15, 0.2) is 48.8 Å². The van der Waals surface area contributed by atoms with Crippen molar-refractivity contribution in [2.75, 3.05) is 26.7 Å². The lowest BCUT2D eigenvalue weighted by molar-refractivity contribution is 0.0856. The van der Waals surface area contributed by atoms with Crippen LogP contribution in [0.4, 0.5) is 4.39 Å². The highest BCUT2D eigenvalue weighted by Crippen LogP contribution is 2.35. The summed E-state index contributed by atoms with van der Waals surface area (Å²) in [6.45, 7) is 3.19. The number of benzene rings is 2. The molecule has 174 valence electrons. The highest BCUT2D eigenvalue weighted by molar-refractivity contribution is 6.30. The fourth-order valence-electron chi connectivity index (χ4n) is 5.25. The maximum Gasteiger partial charge on any atom is 0.216 e. The van der Waals surface area contributed by atoms with Gasteiger partial charge in [-0.05, 0) is 48.9 Å². The summed E-state index contributed by atoms with van der Waals surface area (Å²) in [5.41, 5.74) is 3.71. The van der Waals surface area contributed by atoms with Gasteiger partial charge < -0.3 is 14.2 Å². The van der Waals surface area contributed by atoms with E-state index in [-0.39, 0.29) is 11.7 Å². The van der Waals surface area contributed by atoms with Crippen LogP contribution in [0.25, 0.3) is 22.0 Å². The molecule has 4 heterocycles. The number of halogens is 2. The van der Waals surface area contributed by atoms with Crippen molar-refractivity contribution in [1.29, 1.82) is 0 Å². The van der Waals surface area contributed by atoms with E-state index in [9.17, 15) is 9.18 Å². The quantitative estimate of drug-likeness (QED) is 0.418. The summed E-state index contributed by atoms with van der Waals surface area (Å²) in [6, 6.07) is 11.3. The number of fused-ring (bicyclic) bond motifs is 2. The number of aromatic nitrogens is 3. The van der Waals surface area contributed by atoms with Crippen LogP contribution in [0.5, 0.6) is 5.75 Å². The first-order chi connectivity index (χ1) is 16.5.